The molecule has 0 aliphatic rings. The molecule has 0 aliphatic heterocycles. The molecule has 1 N–H and O–H groups in total. The molecule has 0 aromatic heterocycles. The van der Waals surface area contributed by atoms with Crippen molar-refractivity contribution in [2.45, 2.75) is 6.61 Å². The summed E-state index contributed by atoms with van der Waals surface area (Å²) in [5, 5.41) is 3.34. The Kier molecular flexibility index (Phi) is 5.77. The van der Waals surface area contributed by atoms with Crippen LogP contribution in [0.15, 0.2) is 72.8 Å². The number of hydrogen-bond donors (Lipinski definition) is 1. The van der Waals surface area contributed by atoms with E-state index >= 15 is 0 Å². The van der Waals surface area contributed by atoms with Crippen molar-refractivity contribution < 1.29 is 14.3 Å². The molecule has 3 aromatic rings. The Morgan fingerprint density at radius 1 is 0.962 bits per heavy atom. The summed E-state index contributed by atoms with van der Waals surface area (Å²) in [6.07, 6.45) is 0. The van der Waals surface area contributed by atoms with Crippen LogP contribution in [0.25, 0.3) is 0 Å². The maximum absolute atomic E-state index is 12.7. The molecule has 0 saturated heterocycles. The highest BCUT2D eigenvalue weighted by Gasteiger charge is 2.15. The molecular weight excluding hydrogens is 350 g/mol. The second kappa shape index (κ2) is 8.41. The summed E-state index contributed by atoms with van der Waals surface area (Å²) < 4.78 is 11.1. The van der Waals surface area contributed by atoms with Gasteiger partial charge in [0, 0.05) is 5.02 Å². The maximum atomic E-state index is 12.7. The molecule has 0 radical (unpaired) electrons. The Morgan fingerprint density at radius 3 is 2.46 bits per heavy atom. The summed E-state index contributed by atoms with van der Waals surface area (Å²) in [7, 11) is 1.54. The molecule has 1 amide bonds. The van der Waals surface area contributed by atoms with Crippen LogP contribution in [0.5, 0.6) is 11.5 Å². The third-order valence-electron chi connectivity index (χ3n) is 3.78. The SMILES string of the molecule is COc1ccc(Cl)cc1NC(=O)c1ccccc1OCc1ccccc1. The molecular formula is C21H18ClNO3. The van der Waals surface area contributed by atoms with E-state index in [0.29, 0.717) is 34.4 Å². The molecule has 0 spiro atoms. The van der Waals surface area contributed by atoms with Crippen molar-refractivity contribution in [2.75, 3.05) is 12.4 Å². The number of anilines is 1. The highest BCUT2D eigenvalue weighted by molar-refractivity contribution is 6.31. The average Bonchev–Trinajstić information content (AvgIpc) is 2.67. The minimum atomic E-state index is -0.297. The fourth-order valence-corrected chi connectivity index (χ4v) is 2.66. The number of methoxy groups -OCH3 is 1. The highest BCUT2D eigenvalue weighted by atomic mass is 35.5. The van der Waals surface area contributed by atoms with Crippen LogP contribution in [-0.4, -0.2) is 13.0 Å². The van der Waals surface area contributed by atoms with Crippen LogP contribution in [0.1, 0.15) is 15.9 Å². The van der Waals surface area contributed by atoms with Crippen LogP contribution in [0.4, 0.5) is 5.69 Å². The second-order valence-corrected chi connectivity index (χ2v) is 6.01. The molecule has 0 fully saturated rings. The van der Waals surface area contributed by atoms with Gasteiger partial charge in [0.1, 0.15) is 18.1 Å². The number of amides is 1. The van der Waals surface area contributed by atoms with Crippen LogP contribution in [-0.2, 0) is 6.61 Å². The van der Waals surface area contributed by atoms with Crippen molar-refractivity contribution in [3.05, 3.63) is 88.9 Å². The van der Waals surface area contributed by atoms with Crippen LogP contribution in [0, 0.1) is 0 Å². The minimum Gasteiger partial charge on any atom is -0.495 e. The molecule has 3 aromatic carbocycles. The lowest BCUT2D eigenvalue weighted by Gasteiger charge is -2.13. The Morgan fingerprint density at radius 2 is 1.69 bits per heavy atom. The van der Waals surface area contributed by atoms with Crippen LogP contribution < -0.4 is 14.8 Å². The maximum Gasteiger partial charge on any atom is 0.259 e. The largest absolute Gasteiger partial charge is 0.495 e. The third kappa shape index (κ3) is 4.35. The molecule has 0 bridgehead atoms. The molecule has 4 nitrogen and oxygen atoms in total. The molecule has 0 saturated carbocycles. The highest BCUT2D eigenvalue weighted by Crippen LogP contribution is 2.29. The van der Waals surface area contributed by atoms with Crippen LogP contribution >= 0.6 is 11.6 Å². The normalized spacial score (nSPS) is 10.2. The van der Waals surface area contributed by atoms with Gasteiger partial charge in [0.15, 0.2) is 0 Å². The molecule has 132 valence electrons. The van der Waals surface area contributed by atoms with E-state index in [-0.39, 0.29) is 5.91 Å². The Balaban J connectivity index is 1.79. The number of benzene rings is 3. The quantitative estimate of drug-likeness (QED) is 0.653. The number of ether oxygens (including phenoxy) is 2. The number of hydrogen-bond acceptors (Lipinski definition) is 3. The van der Waals surface area contributed by atoms with Gasteiger partial charge in [-0.2, -0.15) is 0 Å². The van der Waals surface area contributed by atoms with Gasteiger partial charge in [-0.25, -0.2) is 0 Å². The third-order valence-corrected chi connectivity index (χ3v) is 4.01. The summed E-state index contributed by atoms with van der Waals surface area (Å²) in [4.78, 5) is 12.7. The number of para-hydroxylation sites is 1. The van der Waals surface area contributed by atoms with E-state index in [4.69, 9.17) is 21.1 Å². The zero-order valence-electron chi connectivity index (χ0n) is 14.2. The van der Waals surface area contributed by atoms with Gasteiger partial charge in [-0.15, -0.1) is 0 Å². The number of carbonyl (C=O) groups excluding carboxylic acids is 1. The zero-order valence-corrected chi connectivity index (χ0v) is 15.0. The lowest BCUT2D eigenvalue weighted by Crippen LogP contribution is -2.14. The molecule has 3 rings (SSSR count). The summed E-state index contributed by atoms with van der Waals surface area (Å²) in [6.45, 7) is 0.381. The van der Waals surface area contributed by atoms with Gasteiger partial charge in [-0.3, -0.25) is 4.79 Å². The first-order valence-corrected chi connectivity index (χ1v) is 8.46. The monoisotopic (exact) mass is 367 g/mol. The van der Waals surface area contributed by atoms with E-state index < -0.39 is 0 Å². The zero-order chi connectivity index (χ0) is 18.4. The lowest BCUT2D eigenvalue weighted by atomic mass is 10.1. The molecule has 5 heteroatoms. The summed E-state index contributed by atoms with van der Waals surface area (Å²) in [6, 6.07) is 21.9. The summed E-state index contributed by atoms with van der Waals surface area (Å²) >= 11 is 6.02. The average molecular weight is 368 g/mol. The number of halogens is 1. The molecule has 0 unspecified atom stereocenters. The standard InChI is InChI=1S/C21H18ClNO3/c1-25-20-12-11-16(22)13-18(20)23-21(24)17-9-5-6-10-19(17)26-14-15-7-3-2-4-8-15/h2-13H,14H2,1H3,(H,23,24). The van der Waals surface area contributed by atoms with Crippen LogP contribution in [0.2, 0.25) is 5.02 Å². The van der Waals surface area contributed by atoms with Gasteiger partial charge in [0.2, 0.25) is 0 Å². The van der Waals surface area contributed by atoms with Gasteiger partial charge in [-0.05, 0) is 35.9 Å². The molecule has 0 heterocycles. The van der Waals surface area contributed by atoms with Gasteiger partial charge < -0.3 is 14.8 Å². The smallest absolute Gasteiger partial charge is 0.259 e. The van der Waals surface area contributed by atoms with Crippen molar-refractivity contribution in [3.63, 3.8) is 0 Å². The van der Waals surface area contributed by atoms with Crippen molar-refractivity contribution in [1.82, 2.24) is 0 Å². The number of nitrogens with one attached hydrogen (secondary N) is 1. The number of carbonyl (C=O) groups is 1. The van der Waals surface area contributed by atoms with E-state index in [1.54, 1.807) is 36.4 Å². The van der Waals surface area contributed by atoms with Gasteiger partial charge in [0.25, 0.3) is 5.91 Å². The first-order chi connectivity index (χ1) is 12.7. The predicted octanol–water partition coefficient (Wildman–Crippen LogP) is 5.18. The van der Waals surface area contributed by atoms with Gasteiger partial charge in [-0.1, -0.05) is 54.1 Å². The summed E-state index contributed by atoms with van der Waals surface area (Å²) in [5.41, 5.74) is 1.97. The lowest BCUT2D eigenvalue weighted by molar-refractivity contribution is 0.102. The molecule has 0 aliphatic carbocycles. The van der Waals surface area contributed by atoms with Crippen molar-refractivity contribution in [3.8, 4) is 11.5 Å². The van der Waals surface area contributed by atoms with Crippen molar-refractivity contribution >= 4 is 23.2 Å². The number of rotatable bonds is 6. The van der Waals surface area contributed by atoms with Gasteiger partial charge >= 0.3 is 0 Å². The minimum absolute atomic E-state index is 0.297. The van der Waals surface area contributed by atoms with Crippen molar-refractivity contribution in [2.24, 2.45) is 0 Å². The predicted molar refractivity (Wildman–Crippen MR) is 103 cm³/mol. The Hall–Kier alpha value is -2.98. The molecule has 0 atom stereocenters. The summed E-state index contributed by atoms with van der Waals surface area (Å²) in [5.74, 6) is 0.745. The molecule has 26 heavy (non-hydrogen) atoms. The Labute approximate surface area is 157 Å². The second-order valence-electron chi connectivity index (χ2n) is 5.57. The van der Waals surface area contributed by atoms with E-state index in [1.165, 1.54) is 7.11 Å². The van der Waals surface area contributed by atoms with Gasteiger partial charge in [0.05, 0.1) is 18.4 Å². The Bertz CT molecular complexity index is 897. The topological polar surface area (TPSA) is 47.6 Å². The van der Waals surface area contributed by atoms with E-state index in [9.17, 15) is 4.79 Å². The first kappa shape index (κ1) is 17.8. The van der Waals surface area contributed by atoms with Crippen LogP contribution in [0.3, 0.4) is 0 Å². The first-order valence-electron chi connectivity index (χ1n) is 8.08. The van der Waals surface area contributed by atoms with Crippen molar-refractivity contribution in [1.29, 1.82) is 0 Å². The van der Waals surface area contributed by atoms with E-state index in [2.05, 4.69) is 5.32 Å². The van der Waals surface area contributed by atoms with E-state index in [0.717, 1.165) is 5.56 Å². The fourth-order valence-electron chi connectivity index (χ4n) is 2.48. The fraction of sp³-hybridized carbons (Fsp3) is 0.0952. The van der Waals surface area contributed by atoms with E-state index in [1.807, 2.05) is 36.4 Å².